The van der Waals surface area contributed by atoms with Crippen LogP contribution in [0.5, 0.6) is 0 Å². The van der Waals surface area contributed by atoms with Crippen molar-refractivity contribution in [3.05, 3.63) is 34.4 Å². The molecule has 0 spiro atoms. The van der Waals surface area contributed by atoms with E-state index in [1.165, 1.54) is 16.4 Å². The Bertz CT molecular complexity index is 811. The summed E-state index contributed by atoms with van der Waals surface area (Å²) in [6, 6.07) is 4.78. The van der Waals surface area contributed by atoms with Crippen LogP contribution in [-0.4, -0.2) is 73.4 Å². The first kappa shape index (κ1) is 22.5. The number of benzene rings is 1. The maximum atomic E-state index is 12.7. The molecular weight excluding hydrogens is 412 g/mol. The fraction of sp³-hybridized carbons (Fsp3) is 0.562. The van der Waals surface area contributed by atoms with Gasteiger partial charge in [0.1, 0.15) is 6.10 Å². The quantitative estimate of drug-likeness (QED) is 0.521. The molecule has 2 fully saturated rings. The minimum Gasteiger partial charge on any atom is -0.364 e. The number of non-ortho nitro benzene ring substituents is 1. The second-order valence-corrected chi connectivity index (χ2v) is 8.48. The molecule has 2 saturated heterocycles. The van der Waals surface area contributed by atoms with Crippen LogP contribution >= 0.6 is 12.4 Å². The number of amides is 1. The number of sulfonamides is 1. The van der Waals surface area contributed by atoms with Crippen molar-refractivity contribution in [3.63, 3.8) is 0 Å². The Morgan fingerprint density at radius 1 is 1.18 bits per heavy atom. The van der Waals surface area contributed by atoms with E-state index in [4.69, 9.17) is 10.5 Å². The Hall–Kier alpha value is -1.79. The lowest BCUT2D eigenvalue weighted by molar-refractivity contribution is -0.384. The highest BCUT2D eigenvalue weighted by molar-refractivity contribution is 7.89. The van der Waals surface area contributed by atoms with E-state index in [9.17, 15) is 23.3 Å². The standard InChI is InChI=1S/C16H22N4O6S.ClH/c17-11-13-3-6-15(26-13)16(21)18-7-9-19(10-8-18)27(24,25)14-4-1-12(2-5-14)20(22)23;/h1-2,4-5,13,15H,3,6-11,17H2;1H/t13-,15+;/m1./s1. The molecule has 12 heteroatoms. The van der Waals surface area contributed by atoms with Crippen LogP contribution in [0.4, 0.5) is 5.69 Å². The average Bonchev–Trinajstić information content (AvgIpc) is 3.17. The Morgan fingerprint density at radius 2 is 1.79 bits per heavy atom. The first-order valence-corrected chi connectivity index (χ1v) is 10.2. The van der Waals surface area contributed by atoms with Gasteiger partial charge in [-0.05, 0) is 25.0 Å². The molecule has 2 aliphatic heterocycles. The van der Waals surface area contributed by atoms with Gasteiger partial charge in [0.05, 0.1) is 15.9 Å². The number of nitrogens with zero attached hydrogens (tertiary/aromatic N) is 3. The van der Waals surface area contributed by atoms with Crippen LogP contribution in [0.2, 0.25) is 0 Å². The van der Waals surface area contributed by atoms with Crippen LogP contribution < -0.4 is 5.73 Å². The van der Waals surface area contributed by atoms with Crippen LogP contribution in [0.25, 0.3) is 0 Å². The van der Waals surface area contributed by atoms with Crippen molar-refractivity contribution in [2.45, 2.75) is 29.9 Å². The zero-order valence-electron chi connectivity index (χ0n) is 15.1. The first-order chi connectivity index (χ1) is 12.8. The van der Waals surface area contributed by atoms with Crippen molar-refractivity contribution in [2.75, 3.05) is 32.7 Å². The zero-order valence-corrected chi connectivity index (χ0v) is 16.7. The number of carbonyl (C=O) groups excluding carboxylic acids is 1. The van der Waals surface area contributed by atoms with Gasteiger partial charge in [-0.15, -0.1) is 12.4 Å². The molecule has 1 aromatic rings. The minimum absolute atomic E-state index is 0. The van der Waals surface area contributed by atoms with Gasteiger partial charge >= 0.3 is 0 Å². The lowest BCUT2D eigenvalue weighted by Crippen LogP contribution is -2.52. The van der Waals surface area contributed by atoms with Gasteiger partial charge in [-0.3, -0.25) is 14.9 Å². The Kier molecular flexibility index (Phi) is 7.34. The normalized spacial score (nSPS) is 23.2. The van der Waals surface area contributed by atoms with Gasteiger partial charge in [0.2, 0.25) is 10.0 Å². The lowest BCUT2D eigenvalue weighted by Gasteiger charge is -2.35. The second-order valence-electron chi connectivity index (χ2n) is 6.54. The number of nitrogens with two attached hydrogens (primary N) is 1. The Morgan fingerprint density at radius 3 is 2.29 bits per heavy atom. The number of hydrogen-bond donors (Lipinski definition) is 1. The summed E-state index contributed by atoms with van der Waals surface area (Å²) in [4.78, 5) is 24.3. The summed E-state index contributed by atoms with van der Waals surface area (Å²) in [5.41, 5.74) is 5.39. The van der Waals surface area contributed by atoms with Crippen molar-refractivity contribution in [1.29, 1.82) is 0 Å². The van der Waals surface area contributed by atoms with Gasteiger partial charge in [-0.2, -0.15) is 4.31 Å². The molecule has 0 saturated carbocycles. The first-order valence-electron chi connectivity index (χ1n) is 8.72. The molecule has 156 valence electrons. The highest BCUT2D eigenvalue weighted by Gasteiger charge is 2.36. The SMILES string of the molecule is Cl.NC[C@H]1CC[C@@H](C(=O)N2CCN(S(=O)(=O)c3ccc([N+](=O)[O-])cc3)CC2)O1. The van der Waals surface area contributed by atoms with Gasteiger partial charge in [-0.1, -0.05) is 0 Å². The predicted octanol–water partition coefficient (Wildman–Crippen LogP) is 0.356. The van der Waals surface area contributed by atoms with Crippen molar-refractivity contribution < 1.29 is 22.9 Å². The summed E-state index contributed by atoms with van der Waals surface area (Å²) in [6.07, 6.45) is 0.780. The van der Waals surface area contributed by atoms with Gasteiger partial charge < -0.3 is 15.4 Å². The third-order valence-corrected chi connectivity index (χ3v) is 6.79. The Balaban J connectivity index is 0.00000280. The fourth-order valence-corrected chi connectivity index (χ4v) is 4.72. The van der Waals surface area contributed by atoms with Gasteiger partial charge in [0.15, 0.2) is 0 Å². The molecular formula is C16H23ClN4O6S. The van der Waals surface area contributed by atoms with Crippen molar-refractivity contribution in [1.82, 2.24) is 9.21 Å². The number of ether oxygens (including phenoxy) is 1. The molecule has 2 heterocycles. The summed E-state index contributed by atoms with van der Waals surface area (Å²) in [5, 5.41) is 10.7. The maximum Gasteiger partial charge on any atom is 0.269 e. The van der Waals surface area contributed by atoms with E-state index in [0.29, 0.717) is 13.0 Å². The number of halogens is 1. The summed E-state index contributed by atoms with van der Waals surface area (Å²) in [7, 11) is -3.76. The van der Waals surface area contributed by atoms with E-state index < -0.39 is 21.1 Å². The lowest BCUT2D eigenvalue weighted by atomic mass is 10.1. The van der Waals surface area contributed by atoms with E-state index >= 15 is 0 Å². The number of carbonyl (C=O) groups is 1. The topological polar surface area (TPSA) is 136 Å². The van der Waals surface area contributed by atoms with Gasteiger partial charge in [0, 0.05) is 44.9 Å². The summed E-state index contributed by atoms with van der Waals surface area (Å²) in [5.74, 6) is -0.127. The highest BCUT2D eigenvalue weighted by Crippen LogP contribution is 2.23. The zero-order chi connectivity index (χ0) is 19.6. The van der Waals surface area contributed by atoms with E-state index in [1.54, 1.807) is 4.90 Å². The molecule has 1 aromatic carbocycles. The summed E-state index contributed by atoms with van der Waals surface area (Å²) in [6.45, 7) is 1.26. The van der Waals surface area contributed by atoms with Crippen LogP contribution in [0.3, 0.4) is 0 Å². The monoisotopic (exact) mass is 434 g/mol. The Labute approximate surface area is 169 Å². The molecule has 2 N–H and O–H groups in total. The number of rotatable bonds is 5. The average molecular weight is 435 g/mol. The number of nitro groups is 1. The molecule has 0 bridgehead atoms. The third kappa shape index (κ3) is 4.61. The van der Waals surface area contributed by atoms with Crippen LogP contribution in [0, 0.1) is 10.1 Å². The molecule has 0 aromatic heterocycles. The minimum atomic E-state index is -3.76. The van der Waals surface area contributed by atoms with Crippen LogP contribution in [0.1, 0.15) is 12.8 Å². The molecule has 0 unspecified atom stereocenters. The largest absolute Gasteiger partial charge is 0.364 e. The van der Waals surface area contributed by atoms with E-state index in [-0.39, 0.29) is 61.2 Å². The molecule has 3 rings (SSSR count). The van der Waals surface area contributed by atoms with E-state index in [1.807, 2.05) is 0 Å². The van der Waals surface area contributed by atoms with E-state index in [0.717, 1.165) is 18.6 Å². The molecule has 2 aliphatic rings. The van der Waals surface area contributed by atoms with Gasteiger partial charge in [0.25, 0.3) is 11.6 Å². The third-order valence-electron chi connectivity index (χ3n) is 4.88. The predicted molar refractivity (Wildman–Crippen MR) is 103 cm³/mol. The number of hydrogen-bond acceptors (Lipinski definition) is 7. The molecule has 1 amide bonds. The number of piperazine rings is 1. The smallest absolute Gasteiger partial charge is 0.269 e. The van der Waals surface area contributed by atoms with E-state index in [2.05, 4.69) is 0 Å². The molecule has 10 nitrogen and oxygen atoms in total. The highest BCUT2D eigenvalue weighted by atomic mass is 35.5. The van der Waals surface area contributed by atoms with Gasteiger partial charge in [-0.25, -0.2) is 8.42 Å². The second kappa shape index (κ2) is 9.14. The molecule has 28 heavy (non-hydrogen) atoms. The summed E-state index contributed by atoms with van der Waals surface area (Å²) >= 11 is 0. The molecule has 0 aliphatic carbocycles. The summed E-state index contributed by atoms with van der Waals surface area (Å²) < 4.78 is 32.3. The van der Waals surface area contributed by atoms with Crippen molar-refractivity contribution in [3.8, 4) is 0 Å². The molecule has 0 radical (unpaired) electrons. The number of nitro benzene ring substituents is 1. The molecule has 2 atom stereocenters. The fourth-order valence-electron chi connectivity index (χ4n) is 3.30. The van der Waals surface area contributed by atoms with Crippen LogP contribution in [-0.2, 0) is 19.6 Å². The van der Waals surface area contributed by atoms with Crippen LogP contribution in [0.15, 0.2) is 29.2 Å². The van der Waals surface area contributed by atoms with Crippen molar-refractivity contribution >= 4 is 34.0 Å². The maximum absolute atomic E-state index is 12.7. The van der Waals surface area contributed by atoms with Crippen molar-refractivity contribution in [2.24, 2.45) is 5.73 Å².